The van der Waals surface area contributed by atoms with Gasteiger partial charge in [0.1, 0.15) is 0 Å². The molecular formula is C15H22N2O4S. The molecule has 7 heteroatoms. The van der Waals surface area contributed by atoms with Gasteiger partial charge in [-0.2, -0.15) is 4.31 Å². The number of piperidine rings is 1. The first-order valence-electron chi connectivity index (χ1n) is 7.36. The summed E-state index contributed by atoms with van der Waals surface area (Å²) in [7, 11) is -2.06. The second-order valence-electron chi connectivity index (χ2n) is 5.65. The monoisotopic (exact) mass is 326 g/mol. The summed E-state index contributed by atoms with van der Waals surface area (Å²) in [5, 5.41) is 13.1. The molecule has 0 bridgehead atoms. The molecule has 1 amide bonds. The normalized spacial score (nSPS) is 23.2. The maximum Gasteiger partial charge on any atom is 0.243 e. The molecule has 1 aromatic carbocycles. The number of nitrogens with one attached hydrogen (secondary N) is 1. The number of carbonyl (C=O) groups is 1. The Morgan fingerprint density at radius 2 is 2.05 bits per heavy atom. The zero-order valence-electron chi connectivity index (χ0n) is 12.7. The van der Waals surface area contributed by atoms with Crippen molar-refractivity contribution in [2.75, 3.05) is 20.1 Å². The van der Waals surface area contributed by atoms with E-state index in [1.54, 1.807) is 37.4 Å². The first-order chi connectivity index (χ1) is 10.4. The molecule has 1 aromatic rings. The molecule has 6 nitrogen and oxygen atoms in total. The third-order valence-corrected chi connectivity index (χ3v) is 5.86. The lowest BCUT2D eigenvalue weighted by molar-refractivity contribution is -0.122. The van der Waals surface area contributed by atoms with E-state index in [0.717, 1.165) is 0 Å². The summed E-state index contributed by atoms with van der Waals surface area (Å²) >= 11 is 0. The SMILES string of the molecule is CNC(=O)CCC1(O)CCCN(S(=O)(=O)c2ccccc2)C1. The third kappa shape index (κ3) is 3.85. The van der Waals surface area contributed by atoms with Gasteiger partial charge in [0.2, 0.25) is 15.9 Å². The molecule has 1 heterocycles. The number of hydrogen-bond acceptors (Lipinski definition) is 4. The maximum atomic E-state index is 12.6. The Balaban J connectivity index is 2.11. The van der Waals surface area contributed by atoms with Crippen LogP contribution in [0, 0.1) is 0 Å². The fraction of sp³-hybridized carbons (Fsp3) is 0.533. The zero-order chi connectivity index (χ0) is 16.2. The summed E-state index contributed by atoms with van der Waals surface area (Å²) in [6, 6.07) is 8.21. The Hall–Kier alpha value is -1.44. The molecule has 0 aromatic heterocycles. The van der Waals surface area contributed by atoms with E-state index < -0.39 is 15.6 Å². The van der Waals surface area contributed by atoms with E-state index in [1.807, 2.05) is 0 Å². The number of benzene rings is 1. The van der Waals surface area contributed by atoms with E-state index in [-0.39, 0.29) is 30.2 Å². The number of nitrogens with zero attached hydrogens (tertiary/aromatic N) is 1. The molecule has 2 rings (SSSR count). The van der Waals surface area contributed by atoms with Crippen molar-refractivity contribution in [1.29, 1.82) is 0 Å². The summed E-state index contributed by atoms with van der Waals surface area (Å²) < 4.78 is 26.5. The summed E-state index contributed by atoms with van der Waals surface area (Å²) in [4.78, 5) is 11.6. The van der Waals surface area contributed by atoms with Gasteiger partial charge in [-0.1, -0.05) is 18.2 Å². The molecule has 1 atom stereocenters. The predicted molar refractivity (Wildman–Crippen MR) is 82.7 cm³/mol. The van der Waals surface area contributed by atoms with Gasteiger partial charge in [-0.15, -0.1) is 0 Å². The Morgan fingerprint density at radius 3 is 2.68 bits per heavy atom. The Labute approximate surface area is 131 Å². The van der Waals surface area contributed by atoms with E-state index in [2.05, 4.69) is 5.32 Å². The minimum Gasteiger partial charge on any atom is -0.388 e. The molecule has 0 saturated carbocycles. The first kappa shape index (κ1) is 16.9. The molecular weight excluding hydrogens is 304 g/mol. The number of sulfonamides is 1. The van der Waals surface area contributed by atoms with Crippen molar-refractivity contribution in [2.45, 2.75) is 36.2 Å². The summed E-state index contributed by atoms with van der Waals surface area (Å²) in [6.07, 6.45) is 1.53. The third-order valence-electron chi connectivity index (χ3n) is 4.00. The van der Waals surface area contributed by atoms with E-state index >= 15 is 0 Å². The van der Waals surface area contributed by atoms with Crippen LogP contribution < -0.4 is 5.32 Å². The van der Waals surface area contributed by atoms with E-state index in [0.29, 0.717) is 19.4 Å². The lowest BCUT2D eigenvalue weighted by Gasteiger charge is -2.38. The van der Waals surface area contributed by atoms with Crippen LogP contribution in [0.5, 0.6) is 0 Å². The Morgan fingerprint density at radius 1 is 1.36 bits per heavy atom. The Bertz CT molecular complexity index is 618. The van der Waals surface area contributed by atoms with Crippen molar-refractivity contribution >= 4 is 15.9 Å². The van der Waals surface area contributed by atoms with Crippen LogP contribution >= 0.6 is 0 Å². The molecule has 1 aliphatic rings. The summed E-state index contributed by atoms with van der Waals surface area (Å²) in [5.41, 5.74) is -1.15. The number of rotatable bonds is 5. The lowest BCUT2D eigenvalue weighted by atomic mass is 9.89. The maximum absolute atomic E-state index is 12.6. The zero-order valence-corrected chi connectivity index (χ0v) is 13.5. The van der Waals surface area contributed by atoms with Gasteiger partial charge < -0.3 is 10.4 Å². The van der Waals surface area contributed by atoms with Crippen LogP contribution in [0.3, 0.4) is 0 Å². The molecule has 0 spiro atoms. The summed E-state index contributed by atoms with van der Waals surface area (Å²) in [6.45, 7) is 0.417. The predicted octanol–water partition coefficient (Wildman–Crippen LogP) is 0.728. The van der Waals surface area contributed by atoms with Crippen molar-refractivity contribution in [3.8, 4) is 0 Å². The highest BCUT2D eigenvalue weighted by Crippen LogP contribution is 2.29. The van der Waals surface area contributed by atoms with Crippen molar-refractivity contribution in [3.05, 3.63) is 30.3 Å². The lowest BCUT2D eigenvalue weighted by Crippen LogP contribution is -2.50. The smallest absolute Gasteiger partial charge is 0.243 e. The van der Waals surface area contributed by atoms with Gasteiger partial charge in [0.05, 0.1) is 10.5 Å². The molecule has 0 radical (unpaired) electrons. The molecule has 0 aliphatic carbocycles. The molecule has 2 N–H and O–H groups in total. The van der Waals surface area contributed by atoms with Gasteiger partial charge in [0.25, 0.3) is 0 Å². The number of aliphatic hydroxyl groups is 1. The number of amides is 1. The second-order valence-corrected chi connectivity index (χ2v) is 7.59. The van der Waals surface area contributed by atoms with Crippen LogP contribution in [-0.4, -0.2) is 49.5 Å². The van der Waals surface area contributed by atoms with Crippen LogP contribution in [0.1, 0.15) is 25.7 Å². The largest absolute Gasteiger partial charge is 0.388 e. The number of β-amino-alcohol motifs (C(OH)–C–C–N with tert-alkyl or cyclic N) is 1. The standard InChI is InChI=1S/C15H22N2O4S/c1-16-14(18)8-10-15(19)9-5-11-17(12-15)22(20,21)13-6-3-2-4-7-13/h2-4,6-7,19H,5,8-12H2,1H3,(H,16,18). The van der Waals surface area contributed by atoms with Crippen LogP contribution in [0.15, 0.2) is 35.2 Å². The Kier molecular flexibility index (Phi) is 5.20. The van der Waals surface area contributed by atoms with Gasteiger partial charge >= 0.3 is 0 Å². The highest BCUT2D eigenvalue weighted by Gasteiger charge is 2.38. The highest BCUT2D eigenvalue weighted by molar-refractivity contribution is 7.89. The van der Waals surface area contributed by atoms with E-state index in [9.17, 15) is 18.3 Å². The van der Waals surface area contributed by atoms with Gasteiger partial charge in [-0.25, -0.2) is 8.42 Å². The van der Waals surface area contributed by atoms with Crippen LogP contribution in [0.2, 0.25) is 0 Å². The van der Waals surface area contributed by atoms with Crippen LogP contribution in [0.25, 0.3) is 0 Å². The van der Waals surface area contributed by atoms with Gasteiger partial charge in [0, 0.05) is 26.6 Å². The molecule has 122 valence electrons. The van der Waals surface area contributed by atoms with Gasteiger partial charge in [-0.05, 0) is 31.4 Å². The fourth-order valence-corrected chi connectivity index (χ4v) is 4.27. The van der Waals surface area contributed by atoms with Crippen molar-refractivity contribution in [3.63, 3.8) is 0 Å². The fourth-order valence-electron chi connectivity index (χ4n) is 2.69. The van der Waals surface area contributed by atoms with Crippen molar-refractivity contribution < 1.29 is 18.3 Å². The van der Waals surface area contributed by atoms with Crippen molar-refractivity contribution in [2.24, 2.45) is 0 Å². The highest BCUT2D eigenvalue weighted by atomic mass is 32.2. The molecule has 1 aliphatic heterocycles. The number of carbonyl (C=O) groups excluding carboxylic acids is 1. The van der Waals surface area contributed by atoms with Gasteiger partial charge in [0.15, 0.2) is 0 Å². The quantitative estimate of drug-likeness (QED) is 0.835. The second kappa shape index (κ2) is 6.76. The van der Waals surface area contributed by atoms with Crippen LogP contribution in [0.4, 0.5) is 0 Å². The number of hydrogen-bond donors (Lipinski definition) is 2. The minimum atomic E-state index is -3.60. The molecule has 1 saturated heterocycles. The average Bonchev–Trinajstić information content (AvgIpc) is 2.53. The van der Waals surface area contributed by atoms with E-state index in [4.69, 9.17) is 0 Å². The minimum absolute atomic E-state index is 0.0290. The first-order valence-corrected chi connectivity index (χ1v) is 8.80. The van der Waals surface area contributed by atoms with E-state index in [1.165, 1.54) is 4.31 Å². The average molecular weight is 326 g/mol. The van der Waals surface area contributed by atoms with Gasteiger partial charge in [-0.3, -0.25) is 4.79 Å². The molecule has 1 fully saturated rings. The molecule has 1 unspecified atom stereocenters. The van der Waals surface area contributed by atoms with Crippen LogP contribution in [-0.2, 0) is 14.8 Å². The summed E-state index contributed by atoms with van der Waals surface area (Å²) in [5.74, 6) is -0.156. The topological polar surface area (TPSA) is 86.7 Å². The molecule has 22 heavy (non-hydrogen) atoms. The van der Waals surface area contributed by atoms with Crippen molar-refractivity contribution in [1.82, 2.24) is 9.62 Å².